The smallest absolute Gasteiger partial charge is 0.254 e. The third kappa shape index (κ3) is 3.60. The van der Waals surface area contributed by atoms with Crippen LogP contribution in [0.3, 0.4) is 0 Å². The van der Waals surface area contributed by atoms with Crippen LogP contribution in [0.15, 0.2) is 18.2 Å². The van der Waals surface area contributed by atoms with Gasteiger partial charge in [0.25, 0.3) is 5.91 Å². The monoisotopic (exact) mass is 227 g/mol. The van der Waals surface area contributed by atoms with E-state index in [0.717, 1.165) is 5.56 Å². The van der Waals surface area contributed by atoms with Gasteiger partial charge in [0.2, 0.25) is 0 Å². The van der Waals surface area contributed by atoms with Crippen LogP contribution in [-0.4, -0.2) is 26.2 Å². The minimum absolute atomic E-state index is 0.0306. The van der Waals surface area contributed by atoms with E-state index in [0.29, 0.717) is 0 Å². The fraction of sp³-hybridized carbons (Fsp3) is 0.364. The van der Waals surface area contributed by atoms with Crippen LogP contribution in [-0.2, 0) is 9.78 Å². The number of halogens is 1. The molecule has 0 bridgehead atoms. The van der Waals surface area contributed by atoms with Crippen LogP contribution < -0.4 is 5.32 Å². The number of amides is 1. The van der Waals surface area contributed by atoms with Gasteiger partial charge in [-0.25, -0.2) is 14.2 Å². The molecule has 0 spiro atoms. The fourth-order valence-corrected chi connectivity index (χ4v) is 1.19. The lowest BCUT2D eigenvalue weighted by Crippen LogP contribution is -2.27. The summed E-state index contributed by atoms with van der Waals surface area (Å²) in [5, 5.41) is 2.51. The maximum atomic E-state index is 13.4. The molecule has 1 aromatic carbocycles. The highest BCUT2D eigenvalue weighted by Crippen LogP contribution is 2.09. The van der Waals surface area contributed by atoms with E-state index >= 15 is 0 Å². The Morgan fingerprint density at radius 1 is 1.50 bits per heavy atom. The van der Waals surface area contributed by atoms with Gasteiger partial charge in [0.15, 0.2) is 0 Å². The minimum atomic E-state index is -0.523. The highest BCUT2D eigenvalue weighted by Gasteiger charge is 2.10. The molecule has 0 unspecified atom stereocenters. The van der Waals surface area contributed by atoms with E-state index in [2.05, 4.69) is 15.1 Å². The van der Waals surface area contributed by atoms with Crippen LogP contribution in [0.4, 0.5) is 4.39 Å². The van der Waals surface area contributed by atoms with Crippen molar-refractivity contribution in [2.24, 2.45) is 0 Å². The lowest BCUT2D eigenvalue weighted by atomic mass is 10.1. The standard InChI is InChI=1S/C11H14FNO3/c1-8-3-4-9(10(12)7-8)11(14)13-5-6-16-15-2/h3-4,7H,5-6H2,1-2H3,(H,13,14). The SMILES string of the molecule is COOCCNC(=O)c1ccc(C)cc1F. The van der Waals surface area contributed by atoms with E-state index < -0.39 is 11.7 Å². The van der Waals surface area contributed by atoms with Crippen molar-refractivity contribution in [3.63, 3.8) is 0 Å². The maximum absolute atomic E-state index is 13.4. The first-order chi connectivity index (χ1) is 7.65. The van der Waals surface area contributed by atoms with Gasteiger partial charge in [-0.3, -0.25) is 4.79 Å². The summed E-state index contributed by atoms with van der Waals surface area (Å²) in [6, 6.07) is 4.46. The largest absolute Gasteiger partial charge is 0.350 e. The number of benzene rings is 1. The van der Waals surface area contributed by atoms with Crippen molar-refractivity contribution in [1.29, 1.82) is 0 Å². The Kier molecular flexibility index (Phi) is 4.88. The molecule has 5 heteroatoms. The van der Waals surface area contributed by atoms with Gasteiger partial charge in [-0.1, -0.05) is 6.07 Å². The number of aryl methyl sites for hydroxylation is 1. The predicted molar refractivity (Wildman–Crippen MR) is 56.4 cm³/mol. The minimum Gasteiger partial charge on any atom is -0.350 e. The zero-order valence-corrected chi connectivity index (χ0v) is 9.25. The molecule has 1 rings (SSSR count). The molecule has 4 nitrogen and oxygen atoms in total. The molecule has 0 aliphatic heterocycles. The molecule has 0 heterocycles. The second kappa shape index (κ2) is 6.19. The average Bonchev–Trinajstić information content (AvgIpc) is 2.24. The molecule has 0 atom stereocenters. The van der Waals surface area contributed by atoms with Crippen molar-refractivity contribution in [3.8, 4) is 0 Å². The Hall–Kier alpha value is -1.46. The van der Waals surface area contributed by atoms with Gasteiger partial charge in [0.05, 0.1) is 19.3 Å². The summed E-state index contributed by atoms with van der Waals surface area (Å²) >= 11 is 0. The molecule has 1 aromatic rings. The van der Waals surface area contributed by atoms with Crippen molar-refractivity contribution in [2.75, 3.05) is 20.3 Å². The Balaban J connectivity index is 2.53. The van der Waals surface area contributed by atoms with Gasteiger partial charge >= 0.3 is 0 Å². The van der Waals surface area contributed by atoms with Crippen LogP contribution in [0, 0.1) is 12.7 Å². The highest BCUT2D eigenvalue weighted by atomic mass is 19.1. The number of carbonyl (C=O) groups excluding carboxylic acids is 1. The van der Waals surface area contributed by atoms with E-state index in [1.807, 2.05) is 0 Å². The Labute approximate surface area is 93.3 Å². The lowest BCUT2D eigenvalue weighted by molar-refractivity contribution is -0.270. The first-order valence-corrected chi connectivity index (χ1v) is 4.85. The van der Waals surface area contributed by atoms with Crippen molar-refractivity contribution >= 4 is 5.91 Å². The summed E-state index contributed by atoms with van der Waals surface area (Å²) in [6.07, 6.45) is 0. The first kappa shape index (κ1) is 12.6. The molecule has 0 aliphatic rings. The number of hydrogen-bond donors (Lipinski definition) is 1. The number of rotatable bonds is 5. The third-order valence-electron chi connectivity index (χ3n) is 1.96. The van der Waals surface area contributed by atoms with Gasteiger partial charge in [-0.05, 0) is 24.6 Å². The summed E-state index contributed by atoms with van der Waals surface area (Å²) < 4.78 is 13.4. The van der Waals surface area contributed by atoms with Gasteiger partial charge in [-0.15, -0.1) is 0 Å². The van der Waals surface area contributed by atoms with Crippen molar-refractivity contribution in [2.45, 2.75) is 6.92 Å². The topological polar surface area (TPSA) is 47.6 Å². The number of carbonyl (C=O) groups is 1. The summed E-state index contributed by atoms with van der Waals surface area (Å²) in [5.41, 5.74) is 0.805. The van der Waals surface area contributed by atoms with E-state index in [-0.39, 0.29) is 18.7 Å². The molecule has 16 heavy (non-hydrogen) atoms. The van der Waals surface area contributed by atoms with E-state index in [9.17, 15) is 9.18 Å². The Bertz CT molecular complexity index is 368. The maximum Gasteiger partial charge on any atom is 0.254 e. The molecule has 88 valence electrons. The lowest BCUT2D eigenvalue weighted by Gasteiger charge is -2.06. The molecular formula is C11H14FNO3. The van der Waals surface area contributed by atoms with E-state index in [1.165, 1.54) is 19.2 Å². The second-order valence-electron chi connectivity index (χ2n) is 3.23. The molecule has 0 fully saturated rings. The van der Waals surface area contributed by atoms with Crippen LogP contribution in [0.2, 0.25) is 0 Å². The zero-order chi connectivity index (χ0) is 12.0. The number of nitrogens with one attached hydrogen (secondary N) is 1. The van der Waals surface area contributed by atoms with E-state index in [1.54, 1.807) is 13.0 Å². The summed E-state index contributed by atoms with van der Waals surface area (Å²) in [5.74, 6) is -0.984. The summed E-state index contributed by atoms with van der Waals surface area (Å²) in [7, 11) is 1.38. The van der Waals surface area contributed by atoms with Gasteiger partial charge in [0.1, 0.15) is 5.82 Å². The normalized spacial score (nSPS) is 10.2. The average molecular weight is 227 g/mol. The summed E-state index contributed by atoms with van der Waals surface area (Å²) in [6.45, 7) is 2.24. The van der Waals surface area contributed by atoms with E-state index in [4.69, 9.17) is 0 Å². The zero-order valence-electron chi connectivity index (χ0n) is 9.25. The van der Waals surface area contributed by atoms with Crippen LogP contribution in [0.1, 0.15) is 15.9 Å². The molecule has 0 radical (unpaired) electrons. The van der Waals surface area contributed by atoms with Gasteiger partial charge in [-0.2, -0.15) is 0 Å². The van der Waals surface area contributed by atoms with Crippen LogP contribution in [0.5, 0.6) is 0 Å². The quantitative estimate of drug-likeness (QED) is 0.470. The van der Waals surface area contributed by atoms with Crippen LogP contribution >= 0.6 is 0 Å². The molecule has 1 amide bonds. The Morgan fingerprint density at radius 3 is 2.88 bits per heavy atom. The summed E-state index contributed by atoms with van der Waals surface area (Å²) in [4.78, 5) is 20.4. The Morgan fingerprint density at radius 2 is 2.25 bits per heavy atom. The van der Waals surface area contributed by atoms with Crippen molar-refractivity contribution in [1.82, 2.24) is 5.32 Å². The number of hydrogen-bond acceptors (Lipinski definition) is 3. The van der Waals surface area contributed by atoms with Gasteiger partial charge in [0, 0.05) is 6.54 Å². The third-order valence-corrected chi connectivity index (χ3v) is 1.96. The fourth-order valence-electron chi connectivity index (χ4n) is 1.19. The molecular weight excluding hydrogens is 213 g/mol. The molecule has 1 N–H and O–H groups in total. The molecule has 0 aromatic heterocycles. The molecule has 0 aliphatic carbocycles. The first-order valence-electron chi connectivity index (χ1n) is 4.85. The predicted octanol–water partition coefficient (Wildman–Crippen LogP) is 1.44. The molecule has 0 saturated heterocycles. The highest BCUT2D eigenvalue weighted by molar-refractivity contribution is 5.94. The second-order valence-corrected chi connectivity index (χ2v) is 3.23. The van der Waals surface area contributed by atoms with Crippen molar-refractivity contribution < 1.29 is 19.0 Å². The van der Waals surface area contributed by atoms with Gasteiger partial charge < -0.3 is 5.32 Å². The van der Waals surface area contributed by atoms with Crippen molar-refractivity contribution in [3.05, 3.63) is 35.1 Å². The molecule has 0 saturated carbocycles. The van der Waals surface area contributed by atoms with Crippen LogP contribution in [0.25, 0.3) is 0 Å².